The van der Waals surface area contributed by atoms with Crippen molar-refractivity contribution in [2.45, 2.75) is 40.0 Å². The summed E-state index contributed by atoms with van der Waals surface area (Å²) in [6.07, 6.45) is 0.922. The molecule has 0 aromatic rings. The van der Waals surface area contributed by atoms with Crippen molar-refractivity contribution in [2.24, 2.45) is 5.41 Å². The molecular weight excluding hydrogens is 260 g/mol. The van der Waals surface area contributed by atoms with Crippen LogP contribution in [0, 0.1) is 5.41 Å². The Balaban J connectivity index is 2.63. The summed E-state index contributed by atoms with van der Waals surface area (Å²) in [6.45, 7) is 7.15. The molecule has 0 aromatic heterocycles. The van der Waals surface area contributed by atoms with Gasteiger partial charge in [-0.05, 0) is 12.8 Å². The van der Waals surface area contributed by atoms with E-state index in [0.29, 0.717) is 39.0 Å². The van der Waals surface area contributed by atoms with Gasteiger partial charge in [-0.2, -0.15) is 0 Å². The number of carbonyl (C=O) groups excluding carboxylic acids is 2. The van der Waals surface area contributed by atoms with Crippen molar-refractivity contribution in [3.05, 3.63) is 0 Å². The predicted octanol–water partition coefficient (Wildman–Crippen LogP) is 0.958. The first-order valence-corrected chi connectivity index (χ1v) is 7.13. The Morgan fingerprint density at radius 2 is 1.45 bits per heavy atom. The van der Waals surface area contributed by atoms with Gasteiger partial charge in [0.05, 0.1) is 5.41 Å². The van der Waals surface area contributed by atoms with E-state index in [1.54, 1.807) is 23.6 Å². The van der Waals surface area contributed by atoms with Crippen molar-refractivity contribution < 1.29 is 19.5 Å². The van der Waals surface area contributed by atoms with Crippen LogP contribution in [0.1, 0.15) is 40.0 Å². The average molecular weight is 284 g/mol. The first kappa shape index (κ1) is 16.5. The lowest BCUT2D eigenvalue weighted by molar-refractivity contribution is -0.155. The fourth-order valence-corrected chi connectivity index (χ4v) is 2.55. The second-order valence-electron chi connectivity index (χ2n) is 5.36. The van der Waals surface area contributed by atoms with Crippen LogP contribution in [0.3, 0.4) is 0 Å². The second kappa shape index (κ2) is 6.72. The van der Waals surface area contributed by atoms with E-state index in [-0.39, 0.29) is 18.2 Å². The van der Waals surface area contributed by atoms with Gasteiger partial charge >= 0.3 is 5.97 Å². The van der Waals surface area contributed by atoms with E-state index in [4.69, 9.17) is 0 Å². The van der Waals surface area contributed by atoms with Gasteiger partial charge in [0.2, 0.25) is 11.8 Å². The van der Waals surface area contributed by atoms with Crippen LogP contribution in [-0.4, -0.2) is 58.9 Å². The van der Waals surface area contributed by atoms with Gasteiger partial charge in [-0.25, -0.2) is 0 Å². The maximum absolute atomic E-state index is 12.3. The Morgan fingerprint density at radius 3 is 1.80 bits per heavy atom. The van der Waals surface area contributed by atoms with E-state index in [1.807, 2.05) is 0 Å². The number of hydrogen-bond donors (Lipinski definition) is 1. The number of hydrogen-bond acceptors (Lipinski definition) is 3. The summed E-state index contributed by atoms with van der Waals surface area (Å²) in [4.78, 5) is 38.3. The molecule has 1 fully saturated rings. The molecule has 2 amide bonds. The highest BCUT2D eigenvalue weighted by molar-refractivity contribution is 5.85. The molecule has 114 valence electrons. The predicted molar refractivity (Wildman–Crippen MR) is 74.1 cm³/mol. The summed E-state index contributed by atoms with van der Waals surface area (Å²) in [5, 5.41) is 9.36. The molecule has 0 aliphatic carbocycles. The Morgan fingerprint density at radius 1 is 1.00 bits per heavy atom. The number of carboxylic acid groups (broad SMARTS) is 1. The van der Waals surface area contributed by atoms with E-state index in [0.717, 1.165) is 0 Å². The summed E-state index contributed by atoms with van der Waals surface area (Å²) in [6, 6.07) is 0. The monoisotopic (exact) mass is 284 g/mol. The van der Waals surface area contributed by atoms with E-state index < -0.39 is 11.4 Å². The average Bonchev–Trinajstić information content (AvgIpc) is 2.44. The van der Waals surface area contributed by atoms with Crippen LogP contribution in [0.25, 0.3) is 0 Å². The number of amides is 2. The third-order valence-corrected chi connectivity index (χ3v) is 4.37. The molecule has 20 heavy (non-hydrogen) atoms. The van der Waals surface area contributed by atoms with Crippen LogP contribution >= 0.6 is 0 Å². The van der Waals surface area contributed by atoms with Crippen molar-refractivity contribution in [2.75, 3.05) is 26.2 Å². The first-order chi connectivity index (χ1) is 9.36. The summed E-state index contributed by atoms with van der Waals surface area (Å²) in [5.74, 6) is -1.02. The zero-order chi connectivity index (χ0) is 15.3. The third-order valence-electron chi connectivity index (χ3n) is 4.37. The molecule has 0 bridgehead atoms. The summed E-state index contributed by atoms with van der Waals surface area (Å²) >= 11 is 0. The van der Waals surface area contributed by atoms with Crippen LogP contribution < -0.4 is 0 Å². The minimum absolute atomic E-state index is 0.0131. The number of rotatable bonds is 5. The molecule has 0 aromatic carbocycles. The molecule has 0 unspecified atom stereocenters. The van der Waals surface area contributed by atoms with E-state index in [2.05, 4.69) is 0 Å². The Hall–Kier alpha value is -1.59. The van der Waals surface area contributed by atoms with E-state index >= 15 is 0 Å². The molecule has 0 spiro atoms. The maximum Gasteiger partial charge on any atom is 0.310 e. The Kier molecular flexibility index (Phi) is 5.53. The largest absolute Gasteiger partial charge is 0.481 e. The van der Waals surface area contributed by atoms with Crippen LogP contribution in [0.2, 0.25) is 0 Å². The standard InChI is InChI=1S/C14H24N2O4/c1-4-14(5-2,13(19)20)10-12(18)16-8-6-15(7-9-16)11(3)17/h4-10H2,1-3H3,(H,19,20). The first-order valence-electron chi connectivity index (χ1n) is 7.13. The molecular formula is C14H24N2O4. The van der Waals surface area contributed by atoms with Gasteiger partial charge < -0.3 is 14.9 Å². The topological polar surface area (TPSA) is 77.9 Å². The van der Waals surface area contributed by atoms with Gasteiger partial charge in [0.15, 0.2) is 0 Å². The van der Waals surface area contributed by atoms with Crippen LogP contribution in [0.4, 0.5) is 0 Å². The molecule has 1 saturated heterocycles. The number of carboxylic acids is 1. The molecule has 1 N–H and O–H groups in total. The van der Waals surface area contributed by atoms with E-state index in [9.17, 15) is 19.5 Å². The molecule has 1 aliphatic rings. The van der Waals surface area contributed by atoms with Crippen molar-refractivity contribution in [1.82, 2.24) is 9.80 Å². The van der Waals surface area contributed by atoms with Crippen molar-refractivity contribution in [3.63, 3.8) is 0 Å². The van der Waals surface area contributed by atoms with Crippen molar-refractivity contribution in [3.8, 4) is 0 Å². The highest BCUT2D eigenvalue weighted by Crippen LogP contribution is 2.31. The molecule has 0 radical (unpaired) electrons. The number of nitrogens with zero attached hydrogens (tertiary/aromatic N) is 2. The SMILES string of the molecule is CCC(CC)(CC(=O)N1CCN(C(C)=O)CC1)C(=O)O. The minimum Gasteiger partial charge on any atom is -0.481 e. The van der Waals surface area contributed by atoms with Gasteiger partial charge in [0, 0.05) is 39.5 Å². The van der Waals surface area contributed by atoms with Crippen LogP contribution in [0.15, 0.2) is 0 Å². The summed E-state index contributed by atoms with van der Waals surface area (Å²) < 4.78 is 0. The van der Waals surface area contributed by atoms with Crippen molar-refractivity contribution in [1.29, 1.82) is 0 Å². The fraction of sp³-hybridized carbons (Fsp3) is 0.786. The van der Waals surface area contributed by atoms with Gasteiger partial charge in [-0.3, -0.25) is 14.4 Å². The lowest BCUT2D eigenvalue weighted by Gasteiger charge is -2.36. The van der Waals surface area contributed by atoms with E-state index in [1.165, 1.54) is 6.92 Å². The van der Waals surface area contributed by atoms with Gasteiger partial charge in [-0.1, -0.05) is 13.8 Å². The number of aliphatic carboxylic acids is 1. The molecule has 1 aliphatic heterocycles. The van der Waals surface area contributed by atoms with Crippen LogP contribution in [0.5, 0.6) is 0 Å². The lowest BCUT2D eigenvalue weighted by atomic mass is 9.79. The fourth-order valence-electron chi connectivity index (χ4n) is 2.55. The zero-order valence-corrected chi connectivity index (χ0v) is 12.5. The molecule has 1 rings (SSSR count). The maximum atomic E-state index is 12.3. The third kappa shape index (κ3) is 3.49. The van der Waals surface area contributed by atoms with Crippen molar-refractivity contribution >= 4 is 17.8 Å². The van der Waals surface area contributed by atoms with Gasteiger partial charge in [-0.15, -0.1) is 0 Å². The summed E-state index contributed by atoms with van der Waals surface area (Å²) in [7, 11) is 0. The molecule has 0 saturated carbocycles. The smallest absolute Gasteiger partial charge is 0.310 e. The highest BCUT2D eigenvalue weighted by Gasteiger charge is 2.38. The highest BCUT2D eigenvalue weighted by atomic mass is 16.4. The number of piperazine rings is 1. The molecule has 6 nitrogen and oxygen atoms in total. The minimum atomic E-state index is -0.963. The Bertz CT molecular complexity index is 383. The normalized spacial score (nSPS) is 16.1. The summed E-state index contributed by atoms with van der Waals surface area (Å²) in [5.41, 5.74) is -0.963. The zero-order valence-electron chi connectivity index (χ0n) is 12.5. The lowest BCUT2D eigenvalue weighted by Crippen LogP contribution is -2.51. The van der Waals surface area contributed by atoms with Crippen LogP contribution in [-0.2, 0) is 14.4 Å². The second-order valence-corrected chi connectivity index (χ2v) is 5.36. The quantitative estimate of drug-likeness (QED) is 0.815. The van der Waals surface area contributed by atoms with Gasteiger partial charge in [0.25, 0.3) is 0 Å². The number of carbonyl (C=O) groups is 3. The molecule has 6 heteroatoms. The Labute approximate surface area is 119 Å². The van der Waals surface area contributed by atoms with Gasteiger partial charge in [0.1, 0.15) is 0 Å². The molecule has 1 heterocycles. The molecule has 0 atom stereocenters.